The fourth-order valence-corrected chi connectivity index (χ4v) is 4.44. The highest BCUT2D eigenvalue weighted by Gasteiger charge is 2.38. The Hall–Kier alpha value is -3.86. The van der Waals surface area contributed by atoms with Crippen LogP contribution >= 0.6 is 11.6 Å². The first-order chi connectivity index (χ1) is 17.3. The van der Waals surface area contributed by atoms with E-state index in [9.17, 15) is 26.7 Å². The van der Waals surface area contributed by atoms with Gasteiger partial charge in [0.2, 0.25) is 5.95 Å². The lowest BCUT2D eigenvalue weighted by Crippen LogP contribution is -2.25. The van der Waals surface area contributed by atoms with Gasteiger partial charge in [-0.25, -0.2) is 13.8 Å². The van der Waals surface area contributed by atoms with Crippen LogP contribution in [0, 0.1) is 11.6 Å². The number of halogens is 6. The zero-order valence-corrected chi connectivity index (χ0v) is 20.0. The third kappa shape index (κ3) is 4.66. The van der Waals surface area contributed by atoms with Gasteiger partial charge in [-0.2, -0.15) is 13.2 Å². The number of ether oxygens (including phenoxy) is 1. The van der Waals surface area contributed by atoms with Gasteiger partial charge in [0.05, 0.1) is 38.6 Å². The maximum Gasteiger partial charge on any atom is 0.418 e. The summed E-state index contributed by atoms with van der Waals surface area (Å²) in [5.41, 5.74) is -1.39. The molecule has 0 radical (unpaired) electrons. The molecule has 0 spiro atoms. The van der Waals surface area contributed by atoms with Crippen LogP contribution in [-0.2, 0) is 12.6 Å². The first-order valence-corrected chi connectivity index (χ1v) is 11.3. The molecule has 3 N–H and O–H groups in total. The van der Waals surface area contributed by atoms with E-state index in [2.05, 4.69) is 20.6 Å². The van der Waals surface area contributed by atoms with Crippen LogP contribution in [0.2, 0.25) is 5.02 Å². The van der Waals surface area contributed by atoms with Gasteiger partial charge < -0.3 is 20.4 Å². The molecule has 1 aliphatic heterocycles. The second-order valence-electron chi connectivity index (χ2n) is 9.12. The van der Waals surface area contributed by atoms with Gasteiger partial charge in [-0.1, -0.05) is 17.7 Å². The Kier molecular flexibility index (Phi) is 5.78. The highest BCUT2D eigenvalue weighted by atomic mass is 35.5. The maximum atomic E-state index is 14.3. The number of H-pyrrole nitrogens is 1. The number of aromatic amines is 1. The van der Waals surface area contributed by atoms with Crippen LogP contribution in [0.4, 0.5) is 39.3 Å². The first kappa shape index (κ1) is 24.8. The van der Waals surface area contributed by atoms with Crippen molar-refractivity contribution in [1.82, 2.24) is 9.97 Å². The molecular formula is C25H18ClF5N4O2. The SMILES string of the molecule is CC1(C)Cc2c(c(C(=O)Nc3ccc(F)cc3C(F)(F)F)cc3[nH]c(Nc4c(F)cccc4Cl)nc23)O1. The quantitative estimate of drug-likeness (QED) is 0.241. The van der Waals surface area contributed by atoms with Crippen molar-refractivity contribution in [3.05, 3.63) is 75.8 Å². The van der Waals surface area contributed by atoms with Gasteiger partial charge in [0, 0.05) is 12.0 Å². The fourth-order valence-electron chi connectivity index (χ4n) is 4.23. The molecule has 12 heteroatoms. The molecule has 0 atom stereocenters. The minimum absolute atomic E-state index is 0.00888. The molecule has 3 aromatic carbocycles. The number of hydrogen-bond acceptors (Lipinski definition) is 4. The molecule has 0 aliphatic carbocycles. The number of carbonyl (C=O) groups is 1. The van der Waals surface area contributed by atoms with E-state index in [0.29, 0.717) is 29.1 Å². The van der Waals surface area contributed by atoms with Gasteiger partial charge >= 0.3 is 6.18 Å². The molecule has 1 aliphatic rings. The van der Waals surface area contributed by atoms with Crippen LogP contribution in [0.15, 0.2) is 42.5 Å². The highest BCUT2D eigenvalue weighted by Crippen LogP contribution is 2.43. The number of benzene rings is 3. The van der Waals surface area contributed by atoms with Crippen molar-refractivity contribution in [3.8, 4) is 5.75 Å². The molecule has 0 fully saturated rings. The van der Waals surface area contributed by atoms with Gasteiger partial charge in [0.25, 0.3) is 5.91 Å². The van der Waals surface area contributed by atoms with E-state index >= 15 is 0 Å². The maximum absolute atomic E-state index is 14.3. The molecule has 5 rings (SSSR count). The van der Waals surface area contributed by atoms with Crippen LogP contribution in [-0.4, -0.2) is 21.5 Å². The minimum Gasteiger partial charge on any atom is -0.486 e. The summed E-state index contributed by atoms with van der Waals surface area (Å²) in [6, 6.07) is 7.51. The van der Waals surface area contributed by atoms with E-state index in [1.54, 1.807) is 13.8 Å². The molecule has 0 saturated heterocycles. The number of rotatable bonds is 4. The Morgan fingerprint density at radius 2 is 1.92 bits per heavy atom. The summed E-state index contributed by atoms with van der Waals surface area (Å²) < 4.78 is 74.1. The van der Waals surface area contributed by atoms with Crippen LogP contribution in [0.5, 0.6) is 5.75 Å². The summed E-state index contributed by atoms with van der Waals surface area (Å²) in [6.45, 7) is 3.57. The van der Waals surface area contributed by atoms with E-state index in [4.69, 9.17) is 16.3 Å². The Morgan fingerprint density at radius 1 is 1.16 bits per heavy atom. The molecule has 4 aromatic rings. The molecule has 1 aromatic heterocycles. The summed E-state index contributed by atoms with van der Waals surface area (Å²) in [6.07, 6.45) is -4.55. The average Bonchev–Trinajstić information content (AvgIpc) is 3.35. The Morgan fingerprint density at radius 3 is 2.62 bits per heavy atom. The summed E-state index contributed by atoms with van der Waals surface area (Å²) in [5.74, 6) is -2.31. The summed E-state index contributed by atoms with van der Waals surface area (Å²) >= 11 is 6.09. The second-order valence-corrected chi connectivity index (χ2v) is 9.52. The number of anilines is 3. The molecule has 37 heavy (non-hydrogen) atoms. The fraction of sp³-hybridized carbons (Fsp3) is 0.200. The van der Waals surface area contributed by atoms with Crippen molar-refractivity contribution in [2.24, 2.45) is 0 Å². The third-order valence-electron chi connectivity index (χ3n) is 5.79. The van der Waals surface area contributed by atoms with Crippen molar-refractivity contribution in [2.45, 2.75) is 32.0 Å². The highest BCUT2D eigenvalue weighted by molar-refractivity contribution is 6.33. The molecule has 1 amide bonds. The van der Waals surface area contributed by atoms with E-state index < -0.39 is 40.6 Å². The first-order valence-electron chi connectivity index (χ1n) is 11.0. The summed E-state index contributed by atoms with van der Waals surface area (Å²) in [4.78, 5) is 20.6. The van der Waals surface area contributed by atoms with E-state index in [1.807, 2.05) is 0 Å². The van der Waals surface area contributed by atoms with Crippen LogP contribution < -0.4 is 15.4 Å². The van der Waals surface area contributed by atoms with Gasteiger partial charge in [0.1, 0.15) is 23.0 Å². The largest absolute Gasteiger partial charge is 0.486 e. The number of amides is 1. The number of alkyl halides is 3. The van der Waals surface area contributed by atoms with E-state index in [-0.39, 0.29) is 28.0 Å². The smallest absolute Gasteiger partial charge is 0.418 e. The van der Waals surface area contributed by atoms with Gasteiger partial charge in [0.15, 0.2) is 0 Å². The lowest BCUT2D eigenvalue weighted by atomic mass is 9.98. The van der Waals surface area contributed by atoms with E-state index in [1.165, 1.54) is 24.3 Å². The van der Waals surface area contributed by atoms with Crippen molar-refractivity contribution in [3.63, 3.8) is 0 Å². The Balaban J connectivity index is 1.57. The lowest BCUT2D eigenvalue weighted by Gasteiger charge is -2.18. The van der Waals surface area contributed by atoms with Gasteiger partial charge in [-0.3, -0.25) is 4.79 Å². The average molecular weight is 537 g/mol. The molecule has 2 heterocycles. The van der Waals surface area contributed by atoms with Gasteiger partial charge in [-0.05, 0) is 50.2 Å². The van der Waals surface area contributed by atoms with Crippen LogP contribution in [0.1, 0.15) is 35.3 Å². The molecule has 6 nitrogen and oxygen atoms in total. The van der Waals surface area contributed by atoms with Gasteiger partial charge in [-0.15, -0.1) is 0 Å². The van der Waals surface area contributed by atoms with E-state index in [0.717, 1.165) is 12.1 Å². The lowest BCUT2D eigenvalue weighted by molar-refractivity contribution is -0.137. The van der Waals surface area contributed by atoms with Crippen LogP contribution in [0.3, 0.4) is 0 Å². The Bertz CT molecular complexity index is 1540. The predicted molar refractivity (Wildman–Crippen MR) is 129 cm³/mol. The predicted octanol–water partition coefficient (Wildman–Crippen LogP) is 7.22. The number of nitrogens with zero attached hydrogens (tertiary/aromatic N) is 1. The number of nitrogens with one attached hydrogen (secondary N) is 3. The number of carbonyl (C=O) groups excluding carboxylic acids is 1. The number of imidazole rings is 1. The molecule has 192 valence electrons. The third-order valence-corrected chi connectivity index (χ3v) is 6.11. The molecule has 0 bridgehead atoms. The molecule has 0 unspecified atom stereocenters. The zero-order valence-electron chi connectivity index (χ0n) is 19.3. The standard InChI is InChI=1S/C25H18ClF5N4O2/c1-24(2)10-13-19-18(33-23(34-19)35-20-15(26)4-3-5-16(20)28)9-12(21(13)37-24)22(36)32-17-7-6-11(27)8-14(17)25(29,30)31/h3-9H,10H2,1-2H3,(H,32,36)(H2,33,34,35). The topological polar surface area (TPSA) is 79.0 Å². The molecular weight excluding hydrogens is 519 g/mol. The number of fused-ring (bicyclic) bond motifs is 3. The summed E-state index contributed by atoms with van der Waals surface area (Å²) in [7, 11) is 0. The minimum atomic E-state index is -4.90. The number of hydrogen-bond donors (Lipinski definition) is 3. The number of aromatic nitrogens is 2. The van der Waals surface area contributed by atoms with Crippen molar-refractivity contribution in [2.75, 3.05) is 10.6 Å². The Labute approximate surface area is 211 Å². The van der Waals surface area contributed by atoms with Crippen molar-refractivity contribution in [1.29, 1.82) is 0 Å². The molecule has 0 saturated carbocycles. The van der Waals surface area contributed by atoms with Crippen LogP contribution in [0.25, 0.3) is 11.0 Å². The van der Waals surface area contributed by atoms with Crippen molar-refractivity contribution < 1.29 is 31.5 Å². The summed E-state index contributed by atoms with van der Waals surface area (Å²) in [5, 5.41) is 5.13. The number of para-hydroxylation sites is 1. The second kappa shape index (κ2) is 8.62. The zero-order chi connectivity index (χ0) is 26.7. The monoisotopic (exact) mass is 536 g/mol. The normalized spacial score (nSPS) is 14.4. The van der Waals surface area contributed by atoms with Crippen molar-refractivity contribution >= 4 is 45.9 Å².